The molecule has 3 atom stereocenters. The average Bonchev–Trinajstić information content (AvgIpc) is 3.01. The first-order valence-electron chi connectivity index (χ1n) is 9.99. The topological polar surface area (TPSA) is 127 Å². The lowest BCUT2D eigenvalue weighted by Gasteiger charge is -2.25. The fraction of sp³-hybridized carbons (Fsp3) is 0.524. The Morgan fingerprint density at radius 2 is 1.73 bits per heavy atom. The third-order valence-corrected chi connectivity index (χ3v) is 5.07. The van der Waals surface area contributed by atoms with Gasteiger partial charge in [-0.25, -0.2) is 14.5 Å². The second-order valence-electron chi connectivity index (χ2n) is 7.96. The summed E-state index contributed by atoms with van der Waals surface area (Å²) in [6.45, 7) is 5.43. The van der Waals surface area contributed by atoms with Gasteiger partial charge in [-0.2, -0.15) is 0 Å². The number of carboxylic acids is 2. The highest BCUT2D eigenvalue weighted by molar-refractivity contribution is 6.02. The van der Waals surface area contributed by atoms with Gasteiger partial charge in [0.2, 0.25) is 5.91 Å². The summed E-state index contributed by atoms with van der Waals surface area (Å²) < 4.78 is 0. The molecular formula is C21H29N3O6. The molecule has 0 spiro atoms. The van der Waals surface area contributed by atoms with Crippen molar-refractivity contribution < 1.29 is 29.4 Å². The van der Waals surface area contributed by atoms with E-state index in [9.17, 15) is 29.4 Å². The maximum absolute atomic E-state index is 12.9. The average molecular weight is 419 g/mol. The van der Waals surface area contributed by atoms with E-state index in [2.05, 4.69) is 5.32 Å². The summed E-state index contributed by atoms with van der Waals surface area (Å²) >= 11 is 0. The summed E-state index contributed by atoms with van der Waals surface area (Å²) in [4.78, 5) is 51.0. The number of carboxylic acid groups (broad SMARTS) is 2. The highest BCUT2D eigenvalue weighted by atomic mass is 16.4. The summed E-state index contributed by atoms with van der Waals surface area (Å²) in [5, 5.41) is 21.7. The van der Waals surface area contributed by atoms with Crippen LogP contribution in [0.25, 0.3) is 0 Å². The molecule has 0 aromatic heterocycles. The van der Waals surface area contributed by atoms with Gasteiger partial charge < -0.3 is 15.1 Å². The van der Waals surface area contributed by atoms with Gasteiger partial charge in [0.25, 0.3) is 0 Å². The lowest BCUT2D eigenvalue weighted by atomic mass is 10.0. The minimum Gasteiger partial charge on any atom is -0.480 e. The lowest BCUT2D eigenvalue weighted by Crippen LogP contribution is -2.54. The monoisotopic (exact) mass is 419 g/mol. The zero-order valence-corrected chi connectivity index (χ0v) is 17.4. The molecule has 1 aliphatic rings. The largest absolute Gasteiger partial charge is 0.480 e. The van der Waals surface area contributed by atoms with Crippen LogP contribution in [-0.2, 0) is 20.9 Å². The molecule has 2 rings (SSSR count). The third-order valence-electron chi connectivity index (χ3n) is 5.07. The molecule has 164 valence electrons. The number of carbonyl (C=O) groups is 4. The summed E-state index contributed by atoms with van der Waals surface area (Å²) in [6.07, 6.45) is 0.969. The Balaban J connectivity index is 2.13. The molecule has 0 radical (unpaired) electrons. The Morgan fingerprint density at radius 1 is 1.10 bits per heavy atom. The number of imide groups is 1. The number of amides is 3. The highest BCUT2D eigenvalue weighted by Gasteiger charge is 2.46. The molecule has 1 aromatic rings. The van der Waals surface area contributed by atoms with Crippen LogP contribution in [0.2, 0.25) is 0 Å². The van der Waals surface area contributed by atoms with Crippen LogP contribution in [0.15, 0.2) is 30.3 Å². The number of rotatable bonds is 10. The summed E-state index contributed by atoms with van der Waals surface area (Å²) in [5.74, 6) is -2.83. The second kappa shape index (κ2) is 10.2. The van der Waals surface area contributed by atoms with Crippen LogP contribution in [0.5, 0.6) is 0 Å². The first-order chi connectivity index (χ1) is 14.1. The number of nitrogens with one attached hydrogen (secondary N) is 1. The van der Waals surface area contributed by atoms with Crippen LogP contribution < -0.4 is 5.32 Å². The second-order valence-corrected chi connectivity index (χ2v) is 7.96. The Bertz CT molecular complexity index is 782. The van der Waals surface area contributed by atoms with Gasteiger partial charge >= 0.3 is 18.0 Å². The van der Waals surface area contributed by atoms with Gasteiger partial charge in [-0.3, -0.25) is 14.9 Å². The zero-order valence-electron chi connectivity index (χ0n) is 17.4. The Hall–Kier alpha value is -2.94. The van der Waals surface area contributed by atoms with Crippen LogP contribution in [0.1, 0.15) is 39.2 Å². The molecule has 0 bridgehead atoms. The van der Waals surface area contributed by atoms with Crippen molar-refractivity contribution in [1.82, 2.24) is 15.1 Å². The Kier molecular flexibility index (Phi) is 7.93. The van der Waals surface area contributed by atoms with Crippen LogP contribution >= 0.6 is 0 Å². The number of carbonyl (C=O) groups excluding carboxylic acids is 2. The number of hydrogen-bond acceptors (Lipinski definition) is 5. The van der Waals surface area contributed by atoms with Crippen molar-refractivity contribution >= 4 is 23.9 Å². The van der Waals surface area contributed by atoms with E-state index in [1.54, 1.807) is 0 Å². The van der Waals surface area contributed by atoms with E-state index in [1.807, 2.05) is 44.2 Å². The highest BCUT2D eigenvalue weighted by Crippen LogP contribution is 2.21. The molecule has 3 amide bonds. The van der Waals surface area contributed by atoms with Crippen molar-refractivity contribution in [3.8, 4) is 0 Å². The number of urea groups is 1. The van der Waals surface area contributed by atoms with Crippen LogP contribution in [0.3, 0.4) is 0 Å². The first kappa shape index (κ1) is 23.3. The molecule has 1 aromatic carbocycles. The van der Waals surface area contributed by atoms with Crippen LogP contribution in [-0.4, -0.2) is 68.6 Å². The molecule has 0 saturated carbocycles. The minimum absolute atomic E-state index is 0.128. The van der Waals surface area contributed by atoms with E-state index in [0.29, 0.717) is 18.8 Å². The fourth-order valence-corrected chi connectivity index (χ4v) is 3.39. The van der Waals surface area contributed by atoms with E-state index in [0.717, 1.165) is 10.5 Å². The maximum Gasteiger partial charge on any atom is 0.328 e. The normalized spacial score (nSPS) is 18.5. The van der Waals surface area contributed by atoms with Gasteiger partial charge in [0.15, 0.2) is 6.04 Å². The van der Waals surface area contributed by atoms with Crippen molar-refractivity contribution in [3.05, 3.63) is 35.9 Å². The molecule has 1 heterocycles. The minimum atomic E-state index is -1.32. The van der Waals surface area contributed by atoms with Gasteiger partial charge in [0, 0.05) is 6.54 Å². The van der Waals surface area contributed by atoms with Crippen LogP contribution in [0.4, 0.5) is 4.79 Å². The number of nitrogens with zero attached hydrogens (tertiary/aromatic N) is 2. The van der Waals surface area contributed by atoms with E-state index in [4.69, 9.17) is 0 Å². The van der Waals surface area contributed by atoms with Crippen molar-refractivity contribution in [3.63, 3.8) is 0 Å². The number of aliphatic carboxylic acids is 2. The number of benzene rings is 1. The van der Waals surface area contributed by atoms with E-state index >= 15 is 0 Å². The van der Waals surface area contributed by atoms with Gasteiger partial charge in [-0.05, 0) is 31.2 Å². The third kappa shape index (κ3) is 5.79. The standard InChI is InChI=1S/C21H29N3O6/c1-13(2)9-10-16(19(26)27)22-14(3)18(25)24-17(20(28)29)12-23(21(24)30)11-15-7-5-4-6-8-15/h4-8,13-14,16-17,22H,9-12H2,1-3H3,(H,26,27)(H,28,29)/t14-,16+,17+/m1/s1. The first-order valence-corrected chi connectivity index (χ1v) is 9.99. The predicted octanol–water partition coefficient (Wildman–Crippen LogP) is 1.77. The van der Waals surface area contributed by atoms with Gasteiger partial charge in [0.1, 0.15) is 6.04 Å². The molecule has 0 aliphatic carbocycles. The summed E-state index contributed by atoms with van der Waals surface area (Å²) in [7, 11) is 0. The molecule has 0 unspecified atom stereocenters. The summed E-state index contributed by atoms with van der Waals surface area (Å²) in [5.41, 5.74) is 0.815. The molecule has 9 nitrogen and oxygen atoms in total. The van der Waals surface area contributed by atoms with Crippen molar-refractivity contribution in [2.75, 3.05) is 6.54 Å². The molecular weight excluding hydrogens is 390 g/mol. The smallest absolute Gasteiger partial charge is 0.328 e. The van der Waals surface area contributed by atoms with Crippen molar-refractivity contribution in [1.29, 1.82) is 0 Å². The summed E-state index contributed by atoms with van der Waals surface area (Å²) in [6, 6.07) is 5.06. The Morgan fingerprint density at radius 3 is 2.27 bits per heavy atom. The molecule has 1 fully saturated rings. The van der Waals surface area contributed by atoms with Gasteiger partial charge in [-0.1, -0.05) is 44.2 Å². The maximum atomic E-state index is 12.9. The molecule has 3 N–H and O–H groups in total. The van der Waals surface area contributed by atoms with E-state index in [-0.39, 0.29) is 13.1 Å². The van der Waals surface area contributed by atoms with E-state index < -0.39 is 42.0 Å². The molecule has 30 heavy (non-hydrogen) atoms. The van der Waals surface area contributed by atoms with Crippen molar-refractivity contribution in [2.45, 2.75) is 58.3 Å². The quantitative estimate of drug-likeness (QED) is 0.527. The van der Waals surface area contributed by atoms with E-state index in [1.165, 1.54) is 11.8 Å². The van der Waals surface area contributed by atoms with Crippen molar-refractivity contribution in [2.24, 2.45) is 5.92 Å². The predicted molar refractivity (Wildman–Crippen MR) is 109 cm³/mol. The lowest BCUT2D eigenvalue weighted by molar-refractivity contribution is -0.147. The molecule has 1 aliphatic heterocycles. The molecule has 9 heteroatoms. The van der Waals surface area contributed by atoms with Gasteiger partial charge in [0.05, 0.1) is 12.6 Å². The SMILES string of the molecule is CC(C)CC[C@H](N[C@H](C)C(=O)N1C(=O)N(Cc2ccccc2)C[C@H]1C(=O)O)C(=O)O. The fourth-order valence-electron chi connectivity index (χ4n) is 3.39. The van der Waals surface area contributed by atoms with Crippen LogP contribution in [0, 0.1) is 5.92 Å². The number of hydrogen-bond donors (Lipinski definition) is 3. The Labute approximate surface area is 175 Å². The zero-order chi connectivity index (χ0) is 22.4. The molecule has 1 saturated heterocycles. The van der Waals surface area contributed by atoms with Gasteiger partial charge in [-0.15, -0.1) is 0 Å².